The van der Waals surface area contributed by atoms with E-state index >= 15 is 0 Å². The predicted molar refractivity (Wildman–Crippen MR) is 65.1 cm³/mol. The lowest BCUT2D eigenvalue weighted by molar-refractivity contribution is -0.167. The van der Waals surface area contributed by atoms with Gasteiger partial charge >= 0.3 is 12.1 Å². The quantitative estimate of drug-likeness (QED) is 0.644. The fraction of sp³-hybridized carbons (Fsp3) is 0.182. The van der Waals surface area contributed by atoms with Gasteiger partial charge in [0.25, 0.3) is 0 Å². The van der Waals surface area contributed by atoms with Crippen molar-refractivity contribution in [2.45, 2.75) is 11.2 Å². The summed E-state index contributed by atoms with van der Waals surface area (Å²) in [5.74, 6) is -3.00. The molecule has 1 unspecified atom stereocenters. The molecule has 5 nitrogen and oxygen atoms in total. The number of carbonyl (C=O) groups excluding carboxylic acids is 2. The molecule has 0 aliphatic heterocycles. The number of hydrogen-bond donors (Lipinski definition) is 2. The topological polar surface area (TPSA) is 90.2 Å². The van der Waals surface area contributed by atoms with Crippen molar-refractivity contribution in [1.29, 1.82) is 5.26 Å². The first kappa shape index (κ1) is 16.1. The summed E-state index contributed by atoms with van der Waals surface area (Å²) >= 11 is 2.61. The number of rotatable bonds is 3. The molecule has 0 aliphatic rings. The zero-order valence-corrected chi connectivity index (χ0v) is 11.1. The van der Waals surface area contributed by atoms with Crippen LogP contribution in [0, 0.1) is 11.3 Å². The van der Waals surface area contributed by atoms with Crippen LogP contribution < -0.4 is 5.32 Å². The minimum atomic E-state index is -5.09. The van der Waals surface area contributed by atoms with Crippen LogP contribution >= 0.6 is 15.9 Å². The highest BCUT2D eigenvalue weighted by atomic mass is 79.9. The first-order valence-electron chi connectivity index (χ1n) is 4.95. The van der Waals surface area contributed by atoms with Crippen LogP contribution in [0.15, 0.2) is 18.2 Å². The maximum Gasteiger partial charge on any atom is 0.471 e. The highest BCUT2D eigenvalue weighted by molar-refractivity contribution is 9.09. The lowest BCUT2D eigenvalue weighted by atomic mass is 10.1. The second-order valence-electron chi connectivity index (χ2n) is 3.52. The molecule has 0 radical (unpaired) electrons. The number of nitriles is 1. The van der Waals surface area contributed by atoms with Gasteiger partial charge < -0.3 is 10.4 Å². The number of aliphatic hydroxyl groups excluding tert-OH is 1. The van der Waals surface area contributed by atoms with Crippen LogP contribution in [-0.4, -0.2) is 28.0 Å². The monoisotopic (exact) mass is 350 g/mol. The summed E-state index contributed by atoms with van der Waals surface area (Å²) in [7, 11) is 0. The Kier molecular flexibility index (Phi) is 4.86. The Morgan fingerprint density at radius 2 is 2.00 bits per heavy atom. The normalized spacial score (nSPS) is 12.4. The SMILES string of the molecule is N#Cc1cc(C(=O)C(O)Br)ccc1NC(=O)C(F)(F)F. The largest absolute Gasteiger partial charge is 0.471 e. The van der Waals surface area contributed by atoms with Crippen molar-refractivity contribution in [3.63, 3.8) is 0 Å². The van der Waals surface area contributed by atoms with Crippen molar-refractivity contribution in [2.24, 2.45) is 0 Å². The van der Waals surface area contributed by atoms with Crippen molar-refractivity contribution >= 4 is 33.3 Å². The molecule has 0 heterocycles. The Hall–Kier alpha value is -1.92. The van der Waals surface area contributed by atoms with E-state index in [0.717, 1.165) is 18.2 Å². The molecule has 2 N–H and O–H groups in total. The molecule has 1 aromatic rings. The minimum absolute atomic E-state index is 0.0871. The fourth-order valence-electron chi connectivity index (χ4n) is 1.23. The molecule has 20 heavy (non-hydrogen) atoms. The van der Waals surface area contributed by atoms with Gasteiger partial charge in [0, 0.05) is 5.56 Å². The van der Waals surface area contributed by atoms with Gasteiger partial charge in [-0.25, -0.2) is 0 Å². The summed E-state index contributed by atoms with van der Waals surface area (Å²) in [5, 5.41) is 17.9. The molecule has 1 atom stereocenters. The first-order chi connectivity index (χ1) is 9.16. The maximum absolute atomic E-state index is 12.1. The highest BCUT2D eigenvalue weighted by Crippen LogP contribution is 2.22. The summed E-state index contributed by atoms with van der Waals surface area (Å²) in [5.41, 5.74) is -0.798. The zero-order chi connectivity index (χ0) is 15.5. The fourth-order valence-corrected chi connectivity index (χ4v) is 1.49. The Labute approximate surface area is 119 Å². The molecule has 1 aromatic carbocycles. The molecule has 0 saturated carbocycles. The number of benzene rings is 1. The molecule has 0 spiro atoms. The number of carbonyl (C=O) groups is 2. The summed E-state index contributed by atoms with van der Waals surface area (Å²) in [6.45, 7) is 0. The maximum atomic E-state index is 12.1. The van der Waals surface area contributed by atoms with Gasteiger partial charge in [0.15, 0.2) is 5.01 Å². The third-order valence-electron chi connectivity index (χ3n) is 2.15. The second kappa shape index (κ2) is 6.02. The van der Waals surface area contributed by atoms with E-state index in [1.807, 2.05) is 0 Å². The number of alkyl halides is 4. The Bertz CT molecular complexity index is 594. The lowest BCUT2D eigenvalue weighted by Gasteiger charge is -2.10. The predicted octanol–water partition coefficient (Wildman–Crippen LogP) is 1.96. The molecule has 0 bridgehead atoms. The second-order valence-corrected chi connectivity index (χ2v) is 4.39. The first-order valence-corrected chi connectivity index (χ1v) is 5.87. The number of nitrogens with one attached hydrogen (secondary N) is 1. The third-order valence-corrected chi connectivity index (χ3v) is 2.56. The van der Waals surface area contributed by atoms with Crippen LogP contribution in [0.1, 0.15) is 15.9 Å². The molecular formula is C11H6BrF3N2O3. The molecule has 1 rings (SSSR count). The van der Waals surface area contributed by atoms with Gasteiger partial charge in [-0.1, -0.05) is 0 Å². The van der Waals surface area contributed by atoms with Crippen LogP contribution in [0.2, 0.25) is 0 Å². The van der Waals surface area contributed by atoms with Gasteiger partial charge in [0.05, 0.1) is 11.3 Å². The van der Waals surface area contributed by atoms with E-state index in [1.54, 1.807) is 6.07 Å². The van der Waals surface area contributed by atoms with Crippen molar-refractivity contribution in [2.75, 3.05) is 5.32 Å². The smallest absolute Gasteiger partial charge is 0.374 e. The highest BCUT2D eigenvalue weighted by Gasteiger charge is 2.39. The Balaban J connectivity index is 3.10. The summed E-state index contributed by atoms with van der Waals surface area (Å²) in [6.07, 6.45) is -5.09. The molecule has 0 aromatic heterocycles. The number of aliphatic hydroxyl groups is 1. The van der Waals surface area contributed by atoms with Gasteiger partial charge in [0.2, 0.25) is 5.78 Å². The van der Waals surface area contributed by atoms with Crippen LogP contribution in [0.25, 0.3) is 0 Å². The standard InChI is InChI=1S/C11H6BrF3N2O3/c12-9(19)8(18)5-1-2-7(6(3-5)4-16)17-10(20)11(13,14)15/h1-3,9,19H,(H,17,20). The molecule has 0 saturated heterocycles. The molecular weight excluding hydrogens is 345 g/mol. The lowest BCUT2D eigenvalue weighted by Crippen LogP contribution is -2.30. The number of nitrogens with zero attached hydrogens (tertiary/aromatic N) is 1. The number of Topliss-reactive ketones (excluding diaryl/α,β-unsaturated/α-hetero) is 1. The van der Waals surface area contributed by atoms with Crippen LogP contribution in [0.3, 0.4) is 0 Å². The number of ketones is 1. The third kappa shape index (κ3) is 3.79. The average Bonchev–Trinajstić information content (AvgIpc) is 2.36. The molecule has 1 amide bonds. The summed E-state index contributed by atoms with van der Waals surface area (Å²) in [6, 6.07) is 4.59. The Morgan fingerprint density at radius 1 is 1.40 bits per heavy atom. The van der Waals surface area contributed by atoms with E-state index in [0.29, 0.717) is 0 Å². The molecule has 0 fully saturated rings. The number of halogens is 4. The van der Waals surface area contributed by atoms with Crippen molar-refractivity contribution < 1.29 is 27.9 Å². The Morgan fingerprint density at radius 3 is 2.45 bits per heavy atom. The van der Waals surface area contributed by atoms with Crippen LogP contribution in [0.5, 0.6) is 0 Å². The number of anilines is 1. The van der Waals surface area contributed by atoms with Gasteiger partial charge in [-0.3, -0.25) is 9.59 Å². The molecule has 0 aliphatic carbocycles. The number of hydrogen-bond acceptors (Lipinski definition) is 4. The summed E-state index contributed by atoms with van der Waals surface area (Å²) in [4.78, 5) is 22.2. The average molecular weight is 351 g/mol. The van der Waals surface area contributed by atoms with E-state index in [-0.39, 0.29) is 16.8 Å². The van der Waals surface area contributed by atoms with E-state index in [1.165, 1.54) is 5.32 Å². The van der Waals surface area contributed by atoms with E-state index in [4.69, 9.17) is 10.4 Å². The molecule has 106 valence electrons. The van der Waals surface area contributed by atoms with E-state index < -0.39 is 22.9 Å². The van der Waals surface area contributed by atoms with Gasteiger partial charge in [-0.15, -0.1) is 0 Å². The zero-order valence-electron chi connectivity index (χ0n) is 9.53. The van der Waals surface area contributed by atoms with Gasteiger partial charge in [-0.2, -0.15) is 18.4 Å². The van der Waals surface area contributed by atoms with Gasteiger partial charge in [0.1, 0.15) is 6.07 Å². The molecule has 9 heteroatoms. The van der Waals surface area contributed by atoms with Crippen molar-refractivity contribution in [3.05, 3.63) is 29.3 Å². The number of amides is 1. The van der Waals surface area contributed by atoms with Crippen LogP contribution in [0.4, 0.5) is 18.9 Å². The van der Waals surface area contributed by atoms with Crippen LogP contribution in [-0.2, 0) is 4.79 Å². The minimum Gasteiger partial charge on any atom is -0.374 e. The van der Waals surface area contributed by atoms with E-state index in [2.05, 4.69) is 15.9 Å². The summed E-state index contributed by atoms with van der Waals surface area (Å²) < 4.78 is 36.3. The van der Waals surface area contributed by atoms with Crippen molar-refractivity contribution in [1.82, 2.24) is 0 Å². The van der Waals surface area contributed by atoms with E-state index in [9.17, 15) is 22.8 Å². The van der Waals surface area contributed by atoms with Crippen molar-refractivity contribution in [3.8, 4) is 6.07 Å². The van der Waals surface area contributed by atoms with Gasteiger partial charge in [-0.05, 0) is 34.1 Å².